The predicted molar refractivity (Wildman–Crippen MR) is 94.9 cm³/mol. The quantitative estimate of drug-likeness (QED) is 0.853. The molecule has 0 bridgehead atoms. The SMILES string of the molecule is C[C@@H]1Cc2ccccc2N1C(=O)CN(C)Cc1ccc(Cl)cc1. The summed E-state index contributed by atoms with van der Waals surface area (Å²) < 4.78 is 0. The van der Waals surface area contributed by atoms with Crippen molar-refractivity contribution < 1.29 is 4.79 Å². The number of halogens is 1. The second-order valence-corrected chi connectivity index (χ2v) is 6.68. The predicted octanol–water partition coefficient (Wildman–Crippen LogP) is 3.75. The van der Waals surface area contributed by atoms with E-state index in [2.05, 4.69) is 13.0 Å². The highest BCUT2D eigenvalue weighted by molar-refractivity contribution is 6.30. The number of amides is 1. The molecule has 1 aliphatic heterocycles. The van der Waals surface area contributed by atoms with Gasteiger partial charge in [0.1, 0.15) is 0 Å². The maximum Gasteiger partial charge on any atom is 0.241 e. The summed E-state index contributed by atoms with van der Waals surface area (Å²) in [6.45, 7) is 3.24. The highest BCUT2D eigenvalue weighted by atomic mass is 35.5. The Bertz CT molecular complexity index is 699. The topological polar surface area (TPSA) is 23.6 Å². The van der Waals surface area contributed by atoms with Crippen molar-refractivity contribution in [2.24, 2.45) is 0 Å². The van der Waals surface area contributed by atoms with Gasteiger partial charge < -0.3 is 4.90 Å². The minimum Gasteiger partial charge on any atom is -0.308 e. The van der Waals surface area contributed by atoms with E-state index in [1.807, 2.05) is 59.3 Å². The lowest BCUT2D eigenvalue weighted by molar-refractivity contribution is -0.119. The van der Waals surface area contributed by atoms with Crippen molar-refractivity contribution in [1.29, 1.82) is 0 Å². The van der Waals surface area contributed by atoms with E-state index in [0.29, 0.717) is 6.54 Å². The number of carbonyl (C=O) groups excluding carboxylic acids is 1. The number of hydrogen-bond donors (Lipinski definition) is 0. The van der Waals surface area contributed by atoms with Gasteiger partial charge in [0.15, 0.2) is 0 Å². The van der Waals surface area contributed by atoms with Crippen LogP contribution in [0.2, 0.25) is 5.02 Å². The number of anilines is 1. The van der Waals surface area contributed by atoms with Crippen LogP contribution in [0.3, 0.4) is 0 Å². The molecule has 1 atom stereocenters. The van der Waals surface area contributed by atoms with Gasteiger partial charge in [0.2, 0.25) is 5.91 Å². The summed E-state index contributed by atoms with van der Waals surface area (Å²) in [6.07, 6.45) is 0.933. The van der Waals surface area contributed by atoms with Crippen LogP contribution in [-0.4, -0.2) is 30.4 Å². The first-order valence-corrected chi connectivity index (χ1v) is 8.25. The molecule has 1 aliphatic rings. The van der Waals surface area contributed by atoms with Gasteiger partial charge in [0, 0.05) is 23.3 Å². The average molecular weight is 329 g/mol. The third-order valence-electron chi connectivity index (χ3n) is 4.25. The Morgan fingerprint density at radius 2 is 1.91 bits per heavy atom. The lowest BCUT2D eigenvalue weighted by Crippen LogP contribution is -2.41. The molecule has 0 aliphatic carbocycles. The van der Waals surface area contributed by atoms with Crippen molar-refractivity contribution in [1.82, 2.24) is 4.90 Å². The molecule has 23 heavy (non-hydrogen) atoms. The maximum absolute atomic E-state index is 12.7. The van der Waals surface area contributed by atoms with Gasteiger partial charge in [-0.1, -0.05) is 41.9 Å². The monoisotopic (exact) mass is 328 g/mol. The van der Waals surface area contributed by atoms with E-state index in [9.17, 15) is 4.79 Å². The van der Waals surface area contributed by atoms with E-state index < -0.39 is 0 Å². The van der Waals surface area contributed by atoms with Gasteiger partial charge in [-0.2, -0.15) is 0 Å². The number of para-hydroxylation sites is 1. The molecule has 0 unspecified atom stereocenters. The summed E-state index contributed by atoms with van der Waals surface area (Å²) in [7, 11) is 1.97. The second kappa shape index (κ2) is 6.73. The zero-order valence-electron chi connectivity index (χ0n) is 13.5. The first-order chi connectivity index (χ1) is 11.0. The molecule has 0 aromatic heterocycles. The number of nitrogens with zero attached hydrogens (tertiary/aromatic N) is 2. The van der Waals surface area contributed by atoms with Crippen molar-refractivity contribution in [3.05, 3.63) is 64.7 Å². The van der Waals surface area contributed by atoms with Crippen LogP contribution in [0.4, 0.5) is 5.69 Å². The smallest absolute Gasteiger partial charge is 0.241 e. The highest BCUT2D eigenvalue weighted by Gasteiger charge is 2.30. The van der Waals surface area contributed by atoms with Crippen LogP contribution in [0.15, 0.2) is 48.5 Å². The van der Waals surface area contributed by atoms with Crippen LogP contribution in [0.5, 0.6) is 0 Å². The fourth-order valence-corrected chi connectivity index (χ4v) is 3.34. The third kappa shape index (κ3) is 3.57. The molecule has 2 aromatic rings. The van der Waals surface area contributed by atoms with Crippen LogP contribution in [-0.2, 0) is 17.8 Å². The fourth-order valence-electron chi connectivity index (χ4n) is 3.21. The number of fused-ring (bicyclic) bond motifs is 1. The summed E-state index contributed by atoms with van der Waals surface area (Å²) in [6, 6.07) is 16.2. The first kappa shape index (κ1) is 16.0. The van der Waals surface area contributed by atoms with Crippen LogP contribution in [0, 0.1) is 0 Å². The van der Waals surface area contributed by atoms with E-state index in [1.54, 1.807) is 0 Å². The maximum atomic E-state index is 12.7. The van der Waals surface area contributed by atoms with Crippen molar-refractivity contribution in [3.8, 4) is 0 Å². The summed E-state index contributed by atoms with van der Waals surface area (Å²) in [5.41, 5.74) is 3.47. The average Bonchev–Trinajstić information content (AvgIpc) is 2.85. The molecule has 4 heteroatoms. The van der Waals surface area contributed by atoms with Gasteiger partial charge in [-0.15, -0.1) is 0 Å². The summed E-state index contributed by atoms with van der Waals surface area (Å²) in [5, 5.41) is 0.731. The van der Waals surface area contributed by atoms with Crippen LogP contribution < -0.4 is 4.90 Å². The molecule has 2 aromatic carbocycles. The number of carbonyl (C=O) groups is 1. The summed E-state index contributed by atoms with van der Waals surface area (Å²) in [4.78, 5) is 16.7. The van der Waals surface area contributed by atoms with E-state index in [-0.39, 0.29) is 11.9 Å². The standard InChI is InChI=1S/C19H21ClN2O/c1-14-11-16-5-3-4-6-18(16)22(14)19(23)13-21(2)12-15-7-9-17(20)10-8-15/h3-10,14H,11-13H2,1-2H3/t14-/m1/s1. The van der Waals surface area contributed by atoms with Gasteiger partial charge >= 0.3 is 0 Å². The summed E-state index contributed by atoms with van der Waals surface area (Å²) >= 11 is 5.91. The molecule has 3 nitrogen and oxygen atoms in total. The van der Waals surface area contributed by atoms with Crippen molar-refractivity contribution in [3.63, 3.8) is 0 Å². The Hall–Kier alpha value is -1.84. The van der Waals surface area contributed by atoms with Crippen LogP contribution in [0.25, 0.3) is 0 Å². The van der Waals surface area contributed by atoms with Gasteiger partial charge in [0.25, 0.3) is 0 Å². The third-order valence-corrected chi connectivity index (χ3v) is 4.50. The normalized spacial score (nSPS) is 16.7. The van der Waals surface area contributed by atoms with E-state index in [1.165, 1.54) is 5.56 Å². The molecule has 1 amide bonds. The van der Waals surface area contributed by atoms with Crippen molar-refractivity contribution in [2.45, 2.75) is 25.9 Å². The summed E-state index contributed by atoms with van der Waals surface area (Å²) in [5.74, 6) is 0.152. The molecular weight excluding hydrogens is 308 g/mol. The largest absolute Gasteiger partial charge is 0.308 e. The highest BCUT2D eigenvalue weighted by Crippen LogP contribution is 2.31. The first-order valence-electron chi connectivity index (χ1n) is 7.87. The Balaban J connectivity index is 1.66. The van der Waals surface area contributed by atoms with Gasteiger partial charge in [0.05, 0.1) is 6.54 Å². The zero-order valence-corrected chi connectivity index (χ0v) is 14.3. The van der Waals surface area contributed by atoms with Gasteiger partial charge in [-0.05, 0) is 49.7 Å². The number of likely N-dealkylation sites (N-methyl/N-ethyl adjacent to an activating group) is 1. The molecule has 0 fully saturated rings. The van der Waals surface area contributed by atoms with E-state index in [4.69, 9.17) is 11.6 Å². The number of hydrogen-bond acceptors (Lipinski definition) is 2. The molecule has 0 saturated heterocycles. The van der Waals surface area contributed by atoms with Gasteiger partial charge in [-0.25, -0.2) is 0 Å². The van der Waals surface area contributed by atoms with E-state index in [0.717, 1.165) is 29.2 Å². The Morgan fingerprint density at radius 1 is 1.22 bits per heavy atom. The lowest BCUT2D eigenvalue weighted by atomic mass is 10.1. The molecule has 0 radical (unpaired) electrons. The van der Waals surface area contributed by atoms with Crippen LogP contribution in [0.1, 0.15) is 18.1 Å². The molecule has 0 spiro atoms. The Labute approximate surface area is 142 Å². The Kier molecular flexibility index (Phi) is 4.69. The number of benzene rings is 2. The molecule has 1 heterocycles. The fraction of sp³-hybridized carbons (Fsp3) is 0.316. The molecule has 3 rings (SSSR count). The minimum absolute atomic E-state index is 0.152. The lowest BCUT2D eigenvalue weighted by Gasteiger charge is -2.25. The van der Waals surface area contributed by atoms with Crippen LogP contribution >= 0.6 is 11.6 Å². The molecular formula is C19H21ClN2O. The second-order valence-electron chi connectivity index (χ2n) is 6.24. The van der Waals surface area contributed by atoms with Crippen molar-refractivity contribution >= 4 is 23.2 Å². The van der Waals surface area contributed by atoms with E-state index >= 15 is 0 Å². The molecule has 0 saturated carbocycles. The number of rotatable bonds is 4. The van der Waals surface area contributed by atoms with Gasteiger partial charge in [-0.3, -0.25) is 9.69 Å². The molecule has 120 valence electrons. The minimum atomic E-state index is 0.152. The zero-order chi connectivity index (χ0) is 16.4. The molecule has 0 N–H and O–H groups in total. The van der Waals surface area contributed by atoms with Crippen molar-refractivity contribution in [2.75, 3.05) is 18.5 Å². The Morgan fingerprint density at radius 3 is 2.65 bits per heavy atom.